The standard InChI is InChI=1S/C35H36ClN7O6S/c1-22-14-15-24-25(10-7-13-29(24)43(50(45,46)47)30-12-6-5-11-27(30)36)31(22)48-32-26(16-19-38-41-32)28-17-18-37-33(40-28)39-23-9-8-20-42(21-23)34(44)49-35(2,3)4/h5-7,10-19,23H,8-9,20-21H2,1-4H3,(H,37,39,40)(H,45,46,47)/t23-/m0/s1. The summed E-state index contributed by atoms with van der Waals surface area (Å²) in [5.74, 6) is 0.930. The molecule has 0 aliphatic carbocycles. The molecule has 50 heavy (non-hydrogen) atoms. The SMILES string of the molecule is Cc1ccc2c(N(c3ccccc3Cl)S(=O)(=O)O)cccc2c1Oc1nnccc1-c1ccnc(N[C@H]2CCCN(C(=O)OC(C)(C)C)C2)n1. The van der Waals surface area contributed by atoms with Gasteiger partial charge in [-0.05, 0) is 76.4 Å². The van der Waals surface area contributed by atoms with Crippen molar-refractivity contribution >= 4 is 56.1 Å². The highest BCUT2D eigenvalue weighted by molar-refractivity contribution is 7.87. The van der Waals surface area contributed by atoms with Crippen LogP contribution in [0, 0.1) is 6.92 Å². The number of nitrogens with one attached hydrogen (secondary N) is 1. The van der Waals surface area contributed by atoms with Crippen LogP contribution in [0.3, 0.4) is 0 Å². The number of hydrogen-bond donors (Lipinski definition) is 2. The number of aryl methyl sites for hydroxylation is 1. The van der Waals surface area contributed by atoms with Gasteiger partial charge in [-0.3, -0.25) is 4.55 Å². The molecule has 1 saturated heterocycles. The van der Waals surface area contributed by atoms with E-state index in [0.29, 0.717) is 46.8 Å². The first-order valence-electron chi connectivity index (χ1n) is 15.9. The number of rotatable bonds is 8. The zero-order valence-corrected chi connectivity index (χ0v) is 29.4. The van der Waals surface area contributed by atoms with Gasteiger partial charge in [0.15, 0.2) is 0 Å². The number of carbonyl (C=O) groups is 1. The Morgan fingerprint density at radius 3 is 2.56 bits per heavy atom. The van der Waals surface area contributed by atoms with Gasteiger partial charge in [0, 0.05) is 36.1 Å². The fraction of sp³-hybridized carbons (Fsp3) is 0.286. The number of anilines is 3. The molecule has 1 amide bonds. The van der Waals surface area contributed by atoms with E-state index in [1.165, 1.54) is 18.3 Å². The van der Waals surface area contributed by atoms with Crippen LogP contribution in [0.25, 0.3) is 22.0 Å². The summed E-state index contributed by atoms with van der Waals surface area (Å²) < 4.78 is 48.7. The topological polar surface area (TPSA) is 160 Å². The molecule has 0 bridgehead atoms. The predicted molar refractivity (Wildman–Crippen MR) is 191 cm³/mol. The van der Waals surface area contributed by atoms with Crippen molar-refractivity contribution in [3.8, 4) is 22.9 Å². The number of hydrogen-bond acceptors (Lipinski definition) is 10. The van der Waals surface area contributed by atoms with Gasteiger partial charge in [-0.25, -0.2) is 19.1 Å². The molecule has 2 N–H and O–H groups in total. The van der Waals surface area contributed by atoms with Crippen molar-refractivity contribution in [1.82, 2.24) is 25.1 Å². The fourth-order valence-corrected chi connectivity index (χ4v) is 6.85. The van der Waals surface area contributed by atoms with E-state index in [4.69, 9.17) is 26.1 Å². The summed E-state index contributed by atoms with van der Waals surface area (Å²) in [4.78, 5) is 23.5. The third kappa shape index (κ3) is 7.72. The van der Waals surface area contributed by atoms with Crippen molar-refractivity contribution in [1.29, 1.82) is 0 Å². The minimum atomic E-state index is -4.80. The Bertz CT molecular complexity index is 2160. The van der Waals surface area contributed by atoms with Crippen molar-refractivity contribution in [3.05, 3.63) is 89.7 Å². The Balaban J connectivity index is 1.31. The summed E-state index contributed by atoms with van der Waals surface area (Å²) in [6, 6.07) is 18.2. The molecule has 3 heterocycles. The lowest BCUT2D eigenvalue weighted by Gasteiger charge is -2.34. The van der Waals surface area contributed by atoms with Crippen LogP contribution < -0.4 is 14.4 Å². The van der Waals surface area contributed by atoms with Gasteiger partial charge in [0.25, 0.3) is 0 Å². The Hall–Kier alpha value is -5.05. The maximum Gasteiger partial charge on any atom is 0.410 e. The molecule has 1 atom stereocenters. The average molecular weight is 718 g/mol. The molecule has 2 aromatic heterocycles. The zero-order chi connectivity index (χ0) is 35.6. The fourth-order valence-electron chi connectivity index (χ4n) is 5.76. The molecule has 0 spiro atoms. The van der Waals surface area contributed by atoms with Gasteiger partial charge in [-0.15, -0.1) is 5.10 Å². The molecule has 1 aliphatic heterocycles. The highest BCUT2D eigenvalue weighted by Crippen LogP contribution is 2.42. The van der Waals surface area contributed by atoms with Gasteiger partial charge in [0.05, 0.1) is 33.9 Å². The molecule has 1 aliphatic rings. The number of para-hydroxylation sites is 1. The van der Waals surface area contributed by atoms with E-state index in [-0.39, 0.29) is 34.4 Å². The van der Waals surface area contributed by atoms with E-state index in [2.05, 4.69) is 20.5 Å². The van der Waals surface area contributed by atoms with Crippen LogP contribution in [-0.4, -0.2) is 68.9 Å². The Labute approximate surface area is 295 Å². The van der Waals surface area contributed by atoms with Crippen LogP contribution in [0.1, 0.15) is 39.2 Å². The van der Waals surface area contributed by atoms with Crippen molar-refractivity contribution in [2.75, 3.05) is 22.7 Å². The molecule has 6 rings (SSSR count). The van der Waals surface area contributed by atoms with E-state index >= 15 is 0 Å². The summed E-state index contributed by atoms with van der Waals surface area (Å²) >= 11 is 6.38. The lowest BCUT2D eigenvalue weighted by molar-refractivity contribution is 0.0206. The predicted octanol–water partition coefficient (Wildman–Crippen LogP) is 7.59. The van der Waals surface area contributed by atoms with Gasteiger partial charge in [-0.2, -0.15) is 13.5 Å². The first-order valence-corrected chi connectivity index (χ1v) is 17.7. The molecule has 13 nitrogen and oxygen atoms in total. The first kappa shape index (κ1) is 34.8. The maximum atomic E-state index is 12.8. The third-order valence-corrected chi connectivity index (χ3v) is 9.10. The molecule has 15 heteroatoms. The zero-order valence-electron chi connectivity index (χ0n) is 27.9. The van der Waals surface area contributed by atoms with E-state index in [0.717, 1.165) is 22.7 Å². The van der Waals surface area contributed by atoms with Crippen LogP contribution in [-0.2, 0) is 15.0 Å². The molecule has 1 fully saturated rings. The minimum Gasteiger partial charge on any atom is -0.444 e. The van der Waals surface area contributed by atoms with Gasteiger partial charge in [-0.1, -0.05) is 48.0 Å². The van der Waals surface area contributed by atoms with Crippen LogP contribution in [0.2, 0.25) is 5.02 Å². The number of halogens is 1. The van der Waals surface area contributed by atoms with Crippen molar-refractivity contribution in [2.45, 2.75) is 52.2 Å². The van der Waals surface area contributed by atoms with Crippen LogP contribution >= 0.6 is 11.6 Å². The number of aromatic nitrogens is 4. The van der Waals surface area contributed by atoms with Crippen LogP contribution in [0.5, 0.6) is 11.6 Å². The summed E-state index contributed by atoms with van der Waals surface area (Å²) in [5, 5.41) is 12.8. The van der Waals surface area contributed by atoms with Crippen molar-refractivity contribution in [2.24, 2.45) is 0 Å². The highest BCUT2D eigenvalue weighted by atomic mass is 35.5. The van der Waals surface area contributed by atoms with E-state index in [1.54, 1.807) is 65.7 Å². The molecule has 0 unspecified atom stereocenters. The van der Waals surface area contributed by atoms with Crippen LogP contribution in [0.4, 0.5) is 22.1 Å². The number of fused-ring (bicyclic) bond motifs is 1. The summed E-state index contributed by atoms with van der Waals surface area (Å²) in [6.07, 6.45) is 4.42. The van der Waals surface area contributed by atoms with E-state index in [9.17, 15) is 17.8 Å². The van der Waals surface area contributed by atoms with E-state index in [1.807, 2.05) is 27.7 Å². The minimum absolute atomic E-state index is 0.0848. The number of carbonyl (C=O) groups excluding carboxylic acids is 1. The number of benzene rings is 3. The molecular weight excluding hydrogens is 682 g/mol. The lowest BCUT2D eigenvalue weighted by Crippen LogP contribution is -2.47. The molecule has 0 saturated carbocycles. The Morgan fingerprint density at radius 1 is 1.02 bits per heavy atom. The largest absolute Gasteiger partial charge is 0.444 e. The van der Waals surface area contributed by atoms with Crippen molar-refractivity contribution < 1.29 is 27.2 Å². The third-order valence-electron chi connectivity index (χ3n) is 7.93. The number of amides is 1. The highest BCUT2D eigenvalue weighted by Gasteiger charge is 2.29. The lowest BCUT2D eigenvalue weighted by atomic mass is 10.0. The Morgan fingerprint density at radius 2 is 1.80 bits per heavy atom. The quantitative estimate of drug-likeness (QED) is 0.152. The molecule has 0 radical (unpaired) electrons. The van der Waals surface area contributed by atoms with Gasteiger partial charge >= 0.3 is 16.4 Å². The summed E-state index contributed by atoms with van der Waals surface area (Å²) in [7, 11) is -4.80. The number of piperidine rings is 1. The van der Waals surface area contributed by atoms with Gasteiger partial charge in [0.2, 0.25) is 11.8 Å². The second-order valence-corrected chi connectivity index (χ2v) is 14.5. The number of nitrogens with zero attached hydrogens (tertiary/aromatic N) is 6. The molecule has 3 aromatic carbocycles. The van der Waals surface area contributed by atoms with Crippen molar-refractivity contribution in [3.63, 3.8) is 0 Å². The molecule has 5 aromatic rings. The van der Waals surface area contributed by atoms with Crippen LogP contribution in [0.15, 0.2) is 79.1 Å². The van der Waals surface area contributed by atoms with E-state index < -0.39 is 15.9 Å². The first-order chi connectivity index (χ1) is 23.8. The Kier molecular flexibility index (Phi) is 9.78. The normalized spacial score (nSPS) is 15.1. The molecular formula is C35H36ClN7O6S. The monoisotopic (exact) mass is 717 g/mol. The maximum absolute atomic E-state index is 12.8. The summed E-state index contributed by atoms with van der Waals surface area (Å²) in [5.41, 5.74) is 1.45. The second kappa shape index (κ2) is 14.1. The van der Waals surface area contributed by atoms with Gasteiger partial charge < -0.3 is 19.7 Å². The smallest absolute Gasteiger partial charge is 0.410 e. The average Bonchev–Trinajstić information content (AvgIpc) is 3.06. The van der Waals surface area contributed by atoms with Gasteiger partial charge in [0.1, 0.15) is 11.4 Å². The summed E-state index contributed by atoms with van der Waals surface area (Å²) in [6.45, 7) is 8.43. The molecule has 260 valence electrons. The number of likely N-dealkylation sites (tertiary alicyclic amines) is 1. The second-order valence-electron chi connectivity index (χ2n) is 12.8. The number of ether oxygens (including phenoxy) is 2.